The van der Waals surface area contributed by atoms with Crippen LogP contribution < -0.4 is 4.72 Å². The van der Waals surface area contributed by atoms with Crippen LogP contribution in [-0.4, -0.2) is 40.6 Å². The number of hydrogen-bond donors (Lipinski definition) is 1. The lowest BCUT2D eigenvalue weighted by molar-refractivity contribution is -0.106. The standard InChI is InChI=1S/C5H10F3NO3S/c1-12-3-2-9-13(10,11)4-5(6,7)8/h9H,2-4H2,1H3. The molecular weight excluding hydrogens is 211 g/mol. The highest BCUT2D eigenvalue weighted by molar-refractivity contribution is 7.89. The van der Waals surface area contributed by atoms with E-state index in [2.05, 4.69) is 4.74 Å². The summed E-state index contributed by atoms with van der Waals surface area (Å²) >= 11 is 0. The van der Waals surface area contributed by atoms with E-state index in [-0.39, 0.29) is 13.2 Å². The minimum atomic E-state index is -4.71. The highest BCUT2D eigenvalue weighted by Gasteiger charge is 2.34. The highest BCUT2D eigenvalue weighted by atomic mass is 32.2. The summed E-state index contributed by atoms with van der Waals surface area (Å²) in [4.78, 5) is 0. The first kappa shape index (κ1) is 12.7. The Balaban J connectivity index is 3.96. The quantitative estimate of drug-likeness (QED) is 0.670. The zero-order chi connectivity index (χ0) is 10.5. The van der Waals surface area contributed by atoms with Crippen LogP contribution in [0.4, 0.5) is 13.2 Å². The third kappa shape index (κ3) is 8.00. The molecule has 0 heterocycles. The monoisotopic (exact) mass is 221 g/mol. The number of sulfonamides is 1. The maximum absolute atomic E-state index is 11.6. The van der Waals surface area contributed by atoms with Gasteiger partial charge in [0.05, 0.1) is 6.61 Å². The van der Waals surface area contributed by atoms with E-state index in [1.54, 1.807) is 4.72 Å². The first-order valence-corrected chi connectivity index (χ1v) is 4.95. The average molecular weight is 221 g/mol. The molecule has 0 rings (SSSR count). The van der Waals surface area contributed by atoms with Gasteiger partial charge in [0.1, 0.15) is 0 Å². The molecule has 0 fully saturated rings. The number of ether oxygens (including phenoxy) is 1. The molecule has 0 bridgehead atoms. The van der Waals surface area contributed by atoms with Crippen LogP contribution >= 0.6 is 0 Å². The van der Waals surface area contributed by atoms with Gasteiger partial charge in [-0.2, -0.15) is 13.2 Å². The van der Waals surface area contributed by atoms with Crippen LogP contribution in [0.2, 0.25) is 0 Å². The Morgan fingerprint density at radius 3 is 2.31 bits per heavy atom. The molecule has 0 aliphatic rings. The second-order valence-corrected chi connectivity index (χ2v) is 4.07. The molecule has 4 nitrogen and oxygen atoms in total. The second kappa shape index (κ2) is 4.77. The van der Waals surface area contributed by atoms with E-state index in [9.17, 15) is 21.6 Å². The minimum absolute atomic E-state index is 0.0388. The Labute approximate surface area is 74.1 Å². The Hall–Kier alpha value is -0.340. The van der Waals surface area contributed by atoms with Crippen molar-refractivity contribution < 1.29 is 26.3 Å². The summed E-state index contributed by atoms with van der Waals surface area (Å²) in [5, 5.41) is 0. The van der Waals surface area contributed by atoms with E-state index in [0.717, 1.165) is 0 Å². The maximum atomic E-state index is 11.6. The van der Waals surface area contributed by atoms with Gasteiger partial charge in [-0.1, -0.05) is 0 Å². The molecule has 0 aromatic heterocycles. The molecule has 80 valence electrons. The van der Waals surface area contributed by atoms with E-state index in [1.165, 1.54) is 7.11 Å². The van der Waals surface area contributed by atoms with Crippen LogP contribution in [0.1, 0.15) is 0 Å². The minimum Gasteiger partial charge on any atom is -0.383 e. The molecule has 0 radical (unpaired) electrons. The summed E-state index contributed by atoms with van der Waals surface area (Å²) in [7, 11) is -2.95. The van der Waals surface area contributed by atoms with E-state index < -0.39 is 22.0 Å². The summed E-state index contributed by atoms with van der Waals surface area (Å²) < 4.78 is 62.3. The number of halogens is 3. The summed E-state index contributed by atoms with van der Waals surface area (Å²) in [6, 6.07) is 0. The van der Waals surface area contributed by atoms with Gasteiger partial charge in [0.15, 0.2) is 5.75 Å². The number of rotatable bonds is 5. The van der Waals surface area contributed by atoms with Gasteiger partial charge >= 0.3 is 6.18 Å². The first-order chi connectivity index (χ1) is 5.77. The predicted octanol–water partition coefficient (Wildman–Crippen LogP) is 0.114. The summed E-state index contributed by atoms with van der Waals surface area (Å²) in [5.74, 6) is -1.86. The third-order valence-electron chi connectivity index (χ3n) is 0.982. The van der Waals surface area contributed by atoms with Crippen molar-refractivity contribution in [1.82, 2.24) is 4.72 Å². The lowest BCUT2D eigenvalue weighted by Crippen LogP contribution is -2.35. The van der Waals surface area contributed by atoms with Gasteiger partial charge in [0.25, 0.3) is 0 Å². The van der Waals surface area contributed by atoms with E-state index in [1.807, 2.05) is 0 Å². The van der Waals surface area contributed by atoms with Crippen molar-refractivity contribution in [2.24, 2.45) is 0 Å². The molecule has 0 aromatic carbocycles. The molecular formula is C5H10F3NO3S. The van der Waals surface area contributed by atoms with Crippen molar-refractivity contribution in [3.8, 4) is 0 Å². The normalized spacial score (nSPS) is 13.2. The van der Waals surface area contributed by atoms with Crippen LogP contribution in [-0.2, 0) is 14.8 Å². The van der Waals surface area contributed by atoms with Crippen LogP contribution in [0.25, 0.3) is 0 Å². The fourth-order valence-electron chi connectivity index (χ4n) is 0.566. The Morgan fingerprint density at radius 1 is 1.38 bits per heavy atom. The summed E-state index contributed by atoms with van der Waals surface area (Å²) in [6.45, 7) is -0.119. The number of hydrogen-bond acceptors (Lipinski definition) is 3. The molecule has 0 aromatic rings. The van der Waals surface area contributed by atoms with Gasteiger partial charge in [-0.25, -0.2) is 13.1 Å². The highest BCUT2D eigenvalue weighted by Crippen LogP contribution is 2.16. The predicted molar refractivity (Wildman–Crippen MR) is 39.7 cm³/mol. The van der Waals surface area contributed by atoms with Crippen molar-refractivity contribution in [3.63, 3.8) is 0 Å². The van der Waals surface area contributed by atoms with Gasteiger partial charge in [-0.05, 0) is 0 Å². The molecule has 0 unspecified atom stereocenters. The first-order valence-electron chi connectivity index (χ1n) is 3.30. The van der Waals surface area contributed by atoms with Gasteiger partial charge in [0, 0.05) is 13.7 Å². The smallest absolute Gasteiger partial charge is 0.383 e. The molecule has 0 atom stereocenters. The third-order valence-corrected chi connectivity index (χ3v) is 2.33. The van der Waals surface area contributed by atoms with Gasteiger partial charge in [-0.15, -0.1) is 0 Å². The molecule has 0 spiro atoms. The SMILES string of the molecule is COCCNS(=O)(=O)CC(F)(F)F. The van der Waals surface area contributed by atoms with E-state index in [0.29, 0.717) is 0 Å². The van der Waals surface area contributed by atoms with Crippen molar-refractivity contribution in [2.45, 2.75) is 6.18 Å². The fourth-order valence-corrected chi connectivity index (χ4v) is 1.49. The molecule has 0 aliphatic carbocycles. The Morgan fingerprint density at radius 2 is 1.92 bits per heavy atom. The van der Waals surface area contributed by atoms with Crippen LogP contribution in [0.5, 0.6) is 0 Å². The van der Waals surface area contributed by atoms with Gasteiger partial charge in [0.2, 0.25) is 10.0 Å². The summed E-state index contributed by atoms with van der Waals surface area (Å²) in [5.41, 5.74) is 0. The van der Waals surface area contributed by atoms with Crippen LogP contribution in [0, 0.1) is 0 Å². The number of methoxy groups -OCH3 is 1. The summed E-state index contributed by atoms with van der Waals surface area (Å²) in [6.07, 6.45) is -4.71. The van der Waals surface area contributed by atoms with Crippen molar-refractivity contribution in [2.75, 3.05) is 26.0 Å². The number of nitrogens with one attached hydrogen (secondary N) is 1. The fraction of sp³-hybridized carbons (Fsp3) is 1.00. The topological polar surface area (TPSA) is 55.4 Å². The number of alkyl halides is 3. The molecule has 1 N–H and O–H groups in total. The molecule has 13 heavy (non-hydrogen) atoms. The maximum Gasteiger partial charge on any atom is 0.404 e. The second-order valence-electron chi connectivity index (χ2n) is 2.26. The van der Waals surface area contributed by atoms with Gasteiger partial charge in [-0.3, -0.25) is 0 Å². The molecule has 0 amide bonds. The van der Waals surface area contributed by atoms with Crippen molar-refractivity contribution in [1.29, 1.82) is 0 Å². The Kier molecular flexibility index (Phi) is 4.65. The zero-order valence-corrected chi connectivity index (χ0v) is 7.70. The molecule has 0 aliphatic heterocycles. The van der Waals surface area contributed by atoms with E-state index >= 15 is 0 Å². The van der Waals surface area contributed by atoms with Crippen molar-refractivity contribution >= 4 is 10.0 Å². The van der Waals surface area contributed by atoms with E-state index in [4.69, 9.17) is 0 Å². The van der Waals surface area contributed by atoms with Crippen LogP contribution in [0.3, 0.4) is 0 Å². The molecule has 0 saturated heterocycles. The molecule has 8 heteroatoms. The largest absolute Gasteiger partial charge is 0.404 e. The van der Waals surface area contributed by atoms with Crippen LogP contribution in [0.15, 0.2) is 0 Å². The molecule has 0 saturated carbocycles. The van der Waals surface area contributed by atoms with Crippen molar-refractivity contribution in [3.05, 3.63) is 0 Å². The average Bonchev–Trinajstić information content (AvgIpc) is 1.81. The zero-order valence-electron chi connectivity index (χ0n) is 6.89. The lowest BCUT2D eigenvalue weighted by atomic mass is 10.7. The Bertz CT molecular complexity index is 236. The lowest BCUT2D eigenvalue weighted by Gasteiger charge is -2.08. The van der Waals surface area contributed by atoms with Gasteiger partial charge < -0.3 is 4.74 Å².